The molecule has 1 aromatic rings. The Balaban J connectivity index is 2.53. The summed E-state index contributed by atoms with van der Waals surface area (Å²) >= 11 is 1.94. The maximum Gasteiger partial charge on any atom is 0.413 e. The number of carboxylic acids is 1. The Morgan fingerprint density at radius 3 is 2.72 bits per heavy atom. The molecule has 2 heterocycles. The number of carboxylic acid groups (broad SMARTS) is 1. The molecule has 1 aliphatic rings. The Morgan fingerprint density at radius 1 is 1.50 bits per heavy atom. The van der Waals surface area contributed by atoms with E-state index in [9.17, 15) is 18.0 Å². The van der Waals surface area contributed by atoms with Crippen molar-refractivity contribution >= 4 is 40.5 Å². The summed E-state index contributed by atoms with van der Waals surface area (Å²) in [5.74, 6) is -1.57. The summed E-state index contributed by atoms with van der Waals surface area (Å²) in [6.45, 7) is 0. The Morgan fingerprint density at radius 2 is 2.17 bits per heavy atom. The predicted octanol–water partition coefficient (Wildman–Crippen LogP) is 2.51. The van der Waals surface area contributed by atoms with E-state index in [1.807, 2.05) is 22.6 Å². The van der Waals surface area contributed by atoms with Gasteiger partial charge in [0.1, 0.15) is 5.82 Å². The molecule has 0 amide bonds. The zero-order valence-corrected chi connectivity index (χ0v) is 10.8. The molecule has 0 radical (unpaired) electrons. The number of nitrogens with zero attached hydrogens (tertiary/aromatic N) is 1. The normalized spacial score (nSPS) is 18.7. The lowest BCUT2D eigenvalue weighted by molar-refractivity contribution is -0.146. The van der Waals surface area contributed by atoms with Gasteiger partial charge in [-0.05, 0) is 34.7 Å². The van der Waals surface area contributed by atoms with E-state index in [0.717, 1.165) is 6.08 Å². The van der Waals surface area contributed by atoms with Crippen molar-refractivity contribution in [2.24, 2.45) is 0 Å². The van der Waals surface area contributed by atoms with E-state index in [1.165, 1.54) is 6.20 Å². The van der Waals surface area contributed by atoms with Crippen LogP contribution in [-0.2, 0) is 4.79 Å². The molecule has 2 rings (SSSR count). The van der Waals surface area contributed by atoms with Gasteiger partial charge in [-0.2, -0.15) is 13.2 Å². The van der Waals surface area contributed by atoms with Crippen molar-refractivity contribution in [1.82, 2.24) is 4.98 Å². The highest BCUT2D eigenvalue weighted by Crippen LogP contribution is 2.34. The first-order chi connectivity index (χ1) is 8.29. The van der Waals surface area contributed by atoms with Crippen LogP contribution >= 0.6 is 22.6 Å². The van der Waals surface area contributed by atoms with Crippen LogP contribution in [0.3, 0.4) is 0 Å². The van der Waals surface area contributed by atoms with Crippen LogP contribution in [0.15, 0.2) is 17.8 Å². The van der Waals surface area contributed by atoms with E-state index in [4.69, 9.17) is 5.11 Å². The molecule has 1 unspecified atom stereocenters. The van der Waals surface area contributed by atoms with E-state index in [1.54, 1.807) is 6.07 Å². The number of halogens is 4. The smallest absolute Gasteiger partial charge is 0.413 e. The number of nitrogens with one attached hydrogen (secondary N) is 1. The molecule has 1 atom stereocenters. The average Bonchev–Trinajstić information content (AvgIpc) is 2.25. The topological polar surface area (TPSA) is 62.2 Å². The third-order valence-corrected chi connectivity index (χ3v) is 2.95. The summed E-state index contributed by atoms with van der Waals surface area (Å²) in [5.41, 5.74) is -0.404. The fourth-order valence-electron chi connectivity index (χ4n) is 1.59. The van der Waals surface area contributed by atoms with Crippen LogP contribution in [0.5, 0.6) is 0 Å². The van der Waals surface area contributed by atoms with Gasteiger partial charge in [-0.25, -0.2) is 9.78 Å². The van der Waals surface area contributed by atoms with Crippen molar-refractivity contribution in [3.8, 4) is 0 Å². The van der Waals surface area contributed by atoms with E-state index in [0.29, 0.717) is 9.13 Å². The number of aromatic nitrogens is 1. The number of anilines is 1. The van der Waals surface area contributed by atoms with Crippen molar-refractivity contribution in [3.63, 3.8) is 0 Å². The molecular weight excluding hydrogens is 364 g/mol. The maximum atomic E-state index is 12.7. The molecule has 0 spiro atoms. The van der Waals surface area contributed by atoms with Gasteiger partial charge in [0.25, 0.3) is 0 Å². The molecule has 1 aromatic heterocycles. The summed E-state index contributed by atoms with van der Waals surface area (Å²) in [4.78, 5) is 14.7. The molecular formula is C10H6F3IN2O2. The lowest BCUT2D eigenvalue weighted by Gasteiger charge is -2.27. The minimum Gasteiger partial charge on any atom is -0.478 e. The fourth-order valence-corrected chi connectivity index (χ4v) is 2.07. The SMILES string of the molecule is O=C(O)C1=Cc2cc(I)cnc2NC1C(F)(F)F. The second-order valence-electron chi connectivity index (χ2n) is 3.62. The summed E-state index contributed by atoms with van der Waals surface area (Å²) in [5, 5.41) is 10.9. The second kappa shape index (κ2) is 4.41. The third-order valence-electron chi connectivity index (χ3n) is 2.36. The molecule has 0 fully saturated rings. The monoisotopic (exact) mass is 370 g/mol. The van der Waals surface area contributed by atoms with Gasteiger partial charge in [0, 0.05) is 15.3 Å². The van der Waals surface area contributed by atoms with Gasteiger partial charge in [-0.3, -0.25) is 0 Å². The van der Waals surface area contributed by atoms with E-state index in [2.05, 4.69) is 10.3 Å². The number of alkyl halides is 3. The highest BCUT2D eigenvalue weighted by atomic mass is 127. The van der Waals surface area contributed by atoms with E-state index in [-0.39, 0.29) is 5.82 Å². The minimum absolute atomic E-state index is 0.0303. The first kappa shape index (κ1) is 13.1. The molecule has 8 heteroatoms. The Bertz CT molecular complexity index is 542. The van der Waals surface area contributed by atoms with Crippen molar-refractivity contribution in [1.29, 1.82) is 0 Å². The van der Waals surface area contributed by atoms with Crippen molar-refractivity contribution < 1.29 is 23.1 Å². The van der Waals surface area contributed by atoms with Crippen LogP contribution in [-0.4, -0.2) is 28.3 Å². The fraction of sp³-hybridized carbons (Fsp3) is 0.200. The number of rotatable bonds is 1. The van der Waals surface area contributed by atoms with Crippen molar-refractivity contribution in [3.05, 3.63) is 27.0 Å². The van der Waals surface area contributed by atoms with Crippen LogP contribution in [0.1, 0.15) is 5.56 Å². The van der Waals surface area contributed by atoms with E-state index < -0.39 is 23.8 Å². The molecule has 0 saturated carbocycles. The summed E-state index contributed by atoms with van der Waals surface area (Å²) in [6.07, 6.45) is -2.28. The highest BCUT2D eigenvalue weighted by Gasteiger charge is 2.46. The van der Waals surface area contributed by atoms with Gasteiger partial charge >= 0.3 is 12.1 Å². The van der Waals surface area contributed by atoms with Crippen molar-refractivity contribution in [2.45, 2.75) is 12.2 Å². The largest absolute Gasteiger partial charge is 0.478 e. The van der Waals surface area contributed by atoms with Crippen LogP contribution in [0.2, 0.25) is 0 Å². The Hall–Kier alpha value is -1.32. The van der Waals surface area contributed by atoms with Gasteiger partial charge < -0.3 is 10.4 Å². The van der Waals surface area contributed by atoms with Gasteiger partial charge in [-0.15, -0.1) is 0 Å². The lowest BCUT2D eigenvalue weighted by Crippen LogP contribution is -2.42. The zero-order valence-electron chi connectivity index (χ0n) is 8.62. The number of fused-ring (bicyclic) bond motifs is 1. The minimum atomic E-state index is -4.69. The Kier molecular flexibility index (Phi) is 3.21. The molecule has 4 nitrogen and oxygen atoms in total. The highest BCUT2D eigenvalue weighted by molar-refractivity contribution is 14.1. The number of hydrogen-bond acceptors (Lipinski definition) is 3. The molecule has 1 aliphatic heterocycles. The molecule has 0 bridgehead atoms. The molecule has 0 saturated heterocycles. The second-order valence-corrected chi connectivity index (χ2v) is 4.86. The van der Waals surface area contributed by atoms with Gasteiger partial charge in [0.15, 0.2) is 6.04 Å². The maximum absolute atomic E-state index is 12.7. The summed E-state index contributed by atoms with van der Waals surface area (Å²) < 4.78 is 38.9. The molecule has 0 aliphatic carbocycles. The first-order valence-corrected chi connectivity index (χ1v) is 5.80. The van der Waals surface area contributed by atoms with E-state index >= 15 is 0 Å². The van der Waals surface area contributed by atoms with Gasteiger partial charge in [-0.1, -0.05) is 0 Å². The Labute approximate surface area is 113 Å². The third kappa shape index (κ3) is 2.42. The summed E-state index contributed by atoms with van der Waals surface area (Å²) in [6, 6.07) is -0.680. The molecule has 96 valence electrons. The number of pyridine rings is 1. The van der Waals surface area contributed by atoms with Crippen LogP contribution in [0.4, 0.5) is 19.0 Å². The number of aliphatic carboxylic acids is 1. The quantitative estimate of drug-likeness (QED) is 0.746. The van der Waals surface area contributed by atoms with Gasteiger partial charge in [0.2, 0.25) is 0 Å². The van der Waals surface area contributed by atoms with Crippen LogP contribution in [0, 0.1) is 3.57 Å². The number of carbonyl (C=O) groups is 1. The predicted molar refractivity (Wildman–Crippen MR) is 66.0 cm³/mol. The standard InChI is InChI=1S/C10H6F3IN2O2/c11-10(12,13)7-6(9(17)18)2-4-1-5(14)3-15-8(4)16-7/h1-3,7H,(H,15,16)(H,17,18). The molecule has 18 heavy (non-hydrogen) atoms. The van der Waals surface area contributed by atoms with Crippen molar-refractivity contribution in [2.75, 3.05) is 5.32 Å². The average molecular weight is 370 g/mol. The molecule has 0 aromatic carbocycles. The van der Waals surface area contributed by atoms with Gasteiger partial charge in [0.05, 0.1) is 5.57 Å². The first-order valence-electron chi connectivity index (χ1n) is 4.72. The lowest BCUT2D eigenvalue weighted by atomic mass is 9.99. The number of hydrogen-bond donors (Lipinski definition) is 2. The van der Waals surface area contributed by atoms with Crippen LogP contribution < -0.4 is 5.32 Å². The summed E-state index contributed by atoms with van der Waals surface area (Å²) in [7, 11) is 0. The zero-order chi connectivity index (χ0) is 13.5. The van der Waals surface area contributed by atoms with Crippen LogP contribution in [0.25, 0.3) is 6.08 Å². The molecule has 2 N–H and O–H groups in total.